The Labute approximate surface area is 181 Å². The minimum absolute atomic E-state index is 0.129. The summed E-state index contributed by atoms with van der Waals surface area (Å²) in [5.41, 5.74) is 4.35. The number of nitrogens with zero attached hydrogens (tertiary/aromatic N) is 2. The highest BCUT2D eigenvalue weighted by Crippen LogP contribution is 2.44. The fourth-order valence-electron chi connectivity index (χ4n) is 3.97. The van der Waals surface area contributed by atoms with Crippen LogP contribution in [0.15, 0.2) is 42.5 Å². The molecule has 162 valence electrons. The molecular formula is C24H27N3O4. The molecule has 0 aliphatic carbocycles. The number of phenols is 1. The number of ether oxygens (including phenoxy) is 2. The third kappa shape index (κ3) is 3.88. The Hall–Kier alpha value is -3.32. The number of phenolic OH excluding ortho intramolecular Hbond substituents is 1. The molecule has 1 unspecified atom stereocenters. The summed E-state index contributed by atoms with van der Waals surface area (Å²) in [5, 5.41) is 17.8. The number of aromatic nitrogens is 2. The Morgan fingerprint density at radius 1 is 1.16 bits per heavy atom. The molecule has 1 aromatic heterocycles. The Kier molecular flexibility index (Phi) is 5.95. The van der Waals surface area contributed by atoms with E-state index in [0.717, 1.165) is 28.9 Å². The highest BCUT2D eigenvalue weighted by Gasteiger charge is 2.42. The van der Waals surface area contributed by atoms with E-state index in [1.54, 1.807) is 18.1 Å². The first-order valence-electron chi connectivity index (χ1n) is 10.5. The molecular weight excluding hydrogens is 394 g/mol. The molecule has 0 saturated heterocycles. The third-order valence-electron chi connectivity index (χ3n) is 5.48. The molecule has 0 fully saturated rings. The molecule has 0 spiro atoms. The maximum Gasteiger partial charge on any atom is 0.273 e. The number of rotatable bonds is 8. The van der Waals surface area contributed by atoms with Crippen LogP contribution in [0.4, 0.5) is 0 Å². The lowest BCUT2D eigenvalue weighted by Crippen LogP contribution is -2.32. The van der Waals surface area contributed by atoms with Crippen molar-refractivity contribution in [3.05, 3.63) is 64.8 Å². The van der Waals surface area contributed by atoms with Gasteiger partial charge in [-0.05, 0) is 43.2 Å². The Morgan fingerprint density at radius 3 is 2.65 bits per heavy atom. The lowest BCUT2D eigenvalue weighted by Gasteiger charge is -2.26. The second kappa shape index (κ2) is 8.81. The van der Waals surface area contributed by atoms with E-state index < -0.39 is 0 Å². The maximum absolute atomic E-state index is 13.2. The number of aromatic amines is 1. The number of H-pyrrole nitrogens is 1. The number of carbonyl (C=O) groups excluding carboxylic acids is 1. The van der Waals surface area contributed by atoms with Gasteiger partial charge in [-0.15, -0.1) is 0 Å². The van der Waals surface area contributed by atoms with Gasteiger partial charge in [-0.3, -0.25) is 9.89 Å². The Balaban J connectivity index is 1.80. The first kappa shape index (κ1) is 20.9. The van der Waals surface area contributed by atoms with Gasteiger partial charge in [0.15, 0.2) is 0 Å². The Morgan fingerprint density at radius 2 is 1.94 bits per heavy atom. The summed E-state index contributed by atoms with van der Waals surface area (Å²) < 4.78 is 11.0. The van der Waals surface area contributed by atoms with Gasteiger partial charge in [-0.1, -0.05) is 30.7 Å². The molecule has 1 atom stereocenters. The first-order valence-corrected chi connectivity index (χ1v) is 10.5. The average molecular weight is 421 g/mol. The Bertz CT molecular complexity index is 1070. The van der Waals surface area contributed by atoms with Crippen LogP contribution < -0.4 is 4.74 Å². The number of nitrogens with one attached hydrogen (secondary N) is 1. The molecule has 1 amide bonds. The predicted octanol–water partition coefficient (Wildman–Crippen LogP) is 4.07. The van der Waals surface area contributed by atoms with Crippen molar-refractivity contribution in [3.63, 3.8) is 0 Å². The summed E-state index contributed by atoms with van der Waals surface area (Å²) in [6.45, 7) is 5.54. The molecule has 1 aliphatic rings. The SMILES string of the molecule is CCCOc1ccc(C2c3c(-c4cc(C)ccc4O)n[nH]c3C(=O)N2CCOC)cc1. The minimum Gasteiger partial charge on any atom is -0.507 e. The van der Waals surface area contributed by atoms with E-state index in [2.05, 4.69) is 17.1 Å². The lowest BCUT2D eigenvalue weighted by atomic mass is 9.95. The molecule has 4 rings (SSSR count). The van der Waals surface area contributed by atoms with Crippen LogP contribution in [0.3, 0.4) is 0 Å². The van der Waals surface area contributed by atoms with Crippen LogP contribution in [0.1, 0.15) is 46.6 Å². The fraction of sp³-hybridized carbons (Fsp3) is 0.333. The average Bonchev–Trinajstić information content (AvgIpc) is 3.32. The summed E-state index contributed by atoms with van der Waals surface area (Å²) in [6.07, 6.45) is 0.936. The predicted molar refractivity (Wildman–Crippen MR) is 117 cm³/mol. The van der Waals surface area contributed by atoms with E-state index in [-0.39, 0.29) is 17.7 Å². The number of aryl methyl sites for hydroxylation is 1. The number of benzene rings is 2. The van der Waals surface area contributed by atoms with Crippen LogP contribution in [0, 0.1) is 6.92 Å². The molecule has 2 heterocycles. The highest BCUT2D eigenvalue weighted by atomic mass is 16.5. The standard InChI is InChI=1S/C24H27N3O4/c1-4-12-31-17-8-6-16(7-9-17)23-20-21(18-14-15(2)5-10-19(18)28)25-26-22(20)24(29)27(23)11-13-30-3/h5-10,14,23,28H,4,11-13H2,1-3H3,(H,25,26). The molecule has 7 heteroatoms. The zero-order valence-electron chi connectivity index (χ0n) is 18.0. The van der Waals surface area contributed by atoms with Crippen molar-refractivity contribution < 1.29 is 19.4 Å². The van der Waals surface area contributed by atoms with Crippen LogP contribution in [-0.4, -0.2) is 53.0 Å². The molecule has 1 aliphatic heterocycles. The summed E-state index contributed by atoms with van der Waals surface area (Å²) in [4.78, 5) is 15.0. The van der Waals surface area contributed by atoms with Crippen molar-refractivity contribution in [2.75, 3.05) is 26.9 Å². The van der Waals surface area contributed by atoms with Gasteiger partial charge in [0, 0.05) is 24.8 Å². The van der Waals surface area contributed by atoms with E-state index in [1.807, 2.05) is 43.3 Å². The molecule has 0 bridgehead atoms. The number of fused-ring (bicyclic) bond motifs is 1. The van der Waals surface area contributed by atoms with Crippen molar-refractivity contribution in [3.8, 4) is 22.8 Å². The zero-order chi connectivity index (χ0) is 22.0. The van der Waals surface area contributed by atoms with Crippen LogP contribution in [0.2, 0.25) is 0 Å². The highest BCUT2D eigenvalue weighted by molar-refractivity contribution is 6.00. The quantitative estimate of drug-likeness (QED) is 0.572. The van der Waals surface area contributed by atoms with Gasteiger partial charge >= 0.3 is 0 Å². The van der Waals surface area contributed by atoms with Crippen molar-refractivity contribution in [2.24, 2.45) is 0 Å². The van der Waals surface area contributed by atoms with E-state index in [0.29, 0.717) is 36.7 Å². The van der Waals surface area contributed by atoms with Gasteiger partial charge in [0.1, 0.15) is 22.9 Å². The molecule has 31 heavy (non-hydrogen) atoms. The van der Waals surface area contributed by atoms with Gasteiger partial charge in [0.25, 0.3) is 5.91 Å². The van der Waals surface area contributed by atoms with Crippen LogP contribution >= 0.6 is 0 Å². The van der Waals surface area contributed by atoms with Crippen LogP contribution in [0.25, 0.3) is 11.3 Å². The summed E-state index contributed by atoms with van der Waals surface area (Å²) in [6, 6.07) is 12.8. The van der Waals surface area contributed by atoms with Crippen molar-refractivity contribution in [1.29, 1.82) is 0 Å². The number of amides is 1. The number of hydrogen-bond donors (Lipinski definition) is 2. The first-order chi connectivity index (χ1) is 15.0. The number of hydrogen-bond acceptors (Lipinski definition) is 5. The second-order valence-corrected chi connectivity index (χ2v) is 7.69. The van der Waals surface area contributed by atoms with Crippen molar-refractivity contribution in [2.45, 2.75) is 26.3 Å². The smallest absolute Gasteiger partial charge is 0.273 e. The monoisotopic (exact) mass is 421 g/mol. The zero-order valence-corrected chi connectivity index (χ0v) is 18.0. The van der Waals surface area contributed by atoms with E-state index in [4.69, 9.17) is 9.47 Å². The maximum atomic E-state index is 13.2. The van der Waals surface area contributed by atoms with E-state index in [1.165, 1.54) is 0 Å². The van der Waals surface area contributed by atoms with Crippen LogP contribution in [0.5, 0.6) is 11.5 Å². The van der Waals surface area contributed by atoms with Crippen molar-refractivity contribution in [1.82, 2.24) is 15.1 Å². The number of methoxy groups -OCH3 is 1. The van der Waals surface area contributed by atoms with Gasteiger partial charge in [-0.2, -0.15) is 5.10 Å². The fourth-order valence-corrected chi connectivity index (χ4v) is 3.97. The lowest BCUT2D eigenvalue weighted by molar-refractivity contribution is 0.0677. The van der Waals surface area contributed by atoms with Gasteiger partial charge in [0.05, 0.1) is 19.3 Å². The molecule has 7 nitrogen and oxygen atoms in total. The molecule has 2 N–H and O–H groups in total. The van der Waals surface area contributed by atoms with Crippen LogP contribution in [-0.2, 0) is 4.74 Å². The minimum atomic E-state index is -0.341. The van der Waals surface area contributed by atoms with Gasteiger partial charge in [0.2, 0.25) is 0 Å². The second-order valence-electron chi connectivity index (χ2n) is 7.69. The topological polar surface area (TPSA) is 87.7 Å². The summed E-state index contributed by atoms with van der Waals surface area (Å²) in [7, 11) is 1.62. The summed E-state index contributed by atoms with van der Waals surface area (Å²) >= 11 is 0. The largest absolute Gasteiger partial charge is 0.507 e. The summed E-state index contributed by atoms with van der Waals surface area (Å²) in [5.74, 6) is 0.793. The molecule has 2 aromatic carbocycles. The third-order valence-corrected chi connectivity index (χ3v) is 5.48. The van der Waals surface area contributed by atoms with Crippen molar-refractivity contribution >= 4 is 5.91 Å². The van der Waals surface area contributed by atoms with E-state index in [9.17, 15) is 9.90 Å². The molecule has 0 saturated carbocycles. The van der Waals surface area contributed by atoms with Gasteiger partial charge in [-0.25, -0.2) is 0 Å². The molecule has 3 aromatic rings. The van der Waals surface area contributed by atoms with Gasteiger partial charge < -0.3 is 19.5 Å². The molecule has 0 radical (unpaired) electrons. The normalized spacial score (nSPS) is 15.4. The number of aromatic hydroxyl groups is 1. The van der Waals surface area contributed by atoms with E-state index >= 15 is 0 Å². The number of carbonyl (C=O) groups is 1.